The third kappa shape index (κ3) is 3.32. The largest absolute Gasteiger partial charge is 0.480 e. The van der Waals surface area contributed by atoms with Gasteiger partial charge in [-0.3, -0.25) is 14.9 Å². The highest BCUT2D eigenvalue weighted by molar-refractivity contribution is 8.00. The average molecular weight is 295 g/mol. The van der Waals surface area contributed by atoms with E-state index in [1.165, 1.54) is 11.8 Å². The molecule has 0 unspecified atom stereocenters. The Bertz CT molecular complexity index is 479. The number of carboxylic acid groups (broad SMARTS) is 1. The van der Waals surface area contributed by atoms with Gasteiger partial charge >= 0.3 is 11.9 Å². The van der Waals surface area contributed by atoms with E-state index >= 15 is 0 Å². The van der Waals surface area contributed by atoms with Crippen molar-refractivity contribution in [3.63, 3.8) is 0 Å². The second-order valence-corrected chi connectivity index (χ2v) is 5.63. The zero-order valence-corrected chi connectivity index (χ0v) is 11.9. The van der Waals surface area contributed by atoms with Gasteiger partial charge in [-0.15, -0.1) is 11.8 Å². The number of thioether (sulfide) groups is 1. The molecule has 0 spiro atoms. The molecule has 1 heterocycles. The summed E-state index contributed by atoms with van der Waals surface area (Å²) in [6.45, 7) is 2.07. The lowest BCUT2D eigenvalue weighted by Crippen LogP contribution is -2.41. The van der Waals surface area contributed by atoms with E-state index in [1.54, 1.807) is 6.92 Å². The first kappa shape index (κ1) is 14.9. The number of aliphatic carboxylic acids is 1. The van der Waals surface area contributed by atoms with Gasteiger partial charge in [0.05, 0.1) is 12.0 Å². The number of benzene rings is 1. The van der Waals surface area contributed by atoms with Gasteiger partial charge in [0.25, 0.3) is 0 Å². The normalized spacial score (nSPS) is 23.2. The molecule has 6 heteroatoms. The molecule has 0 saturated carbocycles. The SMILES string of the molecule is CCOC(=O)[C@@H](c1ccccc1)[C@@H]1N[C@@H](C(=O)O)CS1. The third-order valence-electron chi connectivity index (χ3n) is 3.11. The number of ether oxygens (including phenoxy) is 1. The van der Waals surface area contributed by atoms with E-state index in [0.29, 0.717) is 12.4 Å². The molecule has 1 aromatic rings. The number of carboxylic acids is 1. The first-order valence-corrected chi connectivity index (χ1v) is 7.50. The van der Waals surface area contributed by atoms with Crippen LogP contribution in [-0.2, 0) is 14.3 Å². The zero-order valence-electron chi connectivity index (χ0n) is 11.1. The van der Waals surface area contributed by atoms with E-state index in [-0.39, 0.29) is 11.3 Å². The maximum absolute atomic E-state index is 12.2. The third-order valence-corrected chi connectivity index (χ3v) is 4.40. The summed E-state index contributed by atoms with van der Waals surface area (Å²) in [5, 5.41) is 11.7. The Morgan fingerprint density at radius 3 is 2.70 bits per heavy atom. The van der Waals surface area contributed by atoms with Gasteiger partial charge in [0, 0.05) is 5.75 Å². The van der Waals surface area contributed by atoms with E-state index in [0.717, 1.165) is 5.56 Å². The molecule has 0 aliphatic carbocycles. The number of hydrogen-bond acceptors (Lipinski definition) is 5. The Morgan fingerprint density at radius 2 is 2.15 bits per heavy atom. The van der Waals surface area contributed by atoms with Crippen molar-refractivity contribution >= 4 is 23.7 Å². The molecule has 0 aromatic heterocycles. The van der Waals surface area contributed by atoms with Crippen molar-refractivity contribution < 1.29 is 19.4 Å². The minimum absolute atomic E-state index is 0.280. The van der Waals surface area contributed by atoms with Crippen LogP contribution < -0.4 is 5.32 Å². The minimum atomic E-state index is -0.893. The molecular formula is C14H17NO4S. The fourth-order valence-electron chi connectivity index (χ4n) is 2.16. The highest BCUT2D eigenvalue weighted by Crippen LogP contribution is 2.33. The summed E-state index contributed by atoms with van der Waals surface area (Å²) in [5.41, 5.74) is 0.835. The van der Waals surface area contributed by atoms with Crippen molar-refractivity contribution in [3.05, 3.63) is 35.9 Å². The molecule has 1 aromatic carbocycles. The zero-order chi connectivity index (χ0) is 14.5. The van der Waals surface area contributed by atoms with Gasteiger partial charge in [-0.2, -0.15) is 0 Å². The Balaban J connectivity index is 2.20. The molecule has 0 radical (unpaired) electrons. The molecule has 20 heavy (non-hydrogen) atoms. The Morgan fingerprint density at radius 1 is 1.45 bits per heavy atom. The maximum atomic E-state index is 12.2. The summed E-state index contributed by atoms with van der Waals surface area (Å²) in [6, 6.07) is 8.69. The summed E-state index contributed by atoms with van der Waals surface area (Å²) in [5.74, 6) is -1.26. The molecule has 1 aliphatic heterocycles. The van der Waals surface area contributed by atoms with Crippen LogP contribution in [-0.4, -0.2) is 40.8 Å². The lowest BCUT2D eigenvalue weighted by molar-refractivity contribution is -0.145. The molecular weight excluding hydrogens is 278 g/mol. The summed E-state index contributed by atoms with van der Waals surface area (Å²) in [4.78, 5) is 23.2. The monoisotopic (exact) mass is 295 g/mol. The summed E-state index contributed by atoms with van der Waals surface area (Å²) in [6.07, 6.45) is 0. The van der Waals surface area contributed by atoms with Crippen LogP contribution in [0.4, 0.5) is 0 Å². The van der Waals surface area contributed by atoms with Gasteiger partial charge in [-0.1, -0.05) is 30.3 Å². The fourth-order valence-corrected chi connectivity index (χ4v) is 3.52. The molecule has 3 atom stereocenters. The van der Waals surface area contributed by atoms with Crippen LogP contribution in [0.5, 0.6) is 0 Å². The van der Waals surface area contributed by atoms with Gasteiger partial charge in [0.15, 0.2) is 0 Å². The average Bonchev–Trinajstić information content (AvgIpc) is 2.90. The smallest absolute Gasteiger partial charge is 0.321 e. The molecule has 2 N–H and O–H groups in total. The lowest BCUT2D eigenvalue weighted by Gasteiger charge is -2.22. The van der Waals surface area contributed by atoms with Crippen LogP contribution in [0, 0.1) is 0 Å². The van der Waals surface area contributed by atoms with Crippen LogP contribution in [0.1, 0.15) is 18.4 Å². The van der Waals surface area contributed by atoms with Crippen molar-refractivity contribution in [3.8, 4) is 0 Å². The number of rotatable bonds is 5. The predicted octanol–water partition coefficient (Wildman–Crippen LogP) is 1.45. The topological polar surface area (TPSA) is 75.6 Å². The number of nitrogens with one attached hydrogen (secondary N) is 1. The minimum Gasteiger partial charge on any atom is -0.480 e. The standard InChI is InChI=1S/C14H17NO4S/c1-2-19-14(18)11(9-6-4-3-5-7-9)12-15-10(8-20-12)13(16)17/h3-7,10-12,15H,2,8H2,1H3,(H,16,17)/t10-,11+,12-/m1/s1. The summed E-state index contributed by atoms with van der Waals surface area (Å²) in [7, 11) is 0. The Kier molecular flexibility index (Phi) is 5.03. The molecule has 2 rings (SSSR count). The van der Waals surface area contributed by atoms with Crippen molar-refractivity contribution in [2.75, 3.05) is 12.4 Å². The molecule has 1 saturated heterocycles. The van der Waals surface area contributed by atoms with Gasteiger partial charge < -0.3 is 9.84 Å². The number of hydrogen-bond donors (Lipinski definition) is 2. The molecule has 1 aliphatic rings. The van der Waals surface area contributed by atoms with E-state index in [9.17, 15) is 9.59 Å². The molecule has 5 nitrogen and oxygen atoms in total. The van der Waals surface area contributed by atoms with Gasteiger partial charge in [-0.05, 0) is 12.5 Å². The van der Waals surface area contributed by atoms with Crippen LogP contribution in [0.2, 0.25) is 0 Å². The molecule has 0 bridgehead atoms. The van der Waals surface area contributed by atoms with Crippen LogP contribution in [0.25, 0.3) is 0 Å². The highest BCUT2D eigenvalue weighted by Gasteiger charge is 2.39. The predicted molar refractivity (Wildman–Crippen MR) is 76.6 cm³/mol. The maximum Gasteiger partial charge on any atom is 0.321 e. The van der Waals surface area contributed by atoms with Crippen LogP contribution >= 0.6 is 11.8 Å². The van der Waals surface area contributed by atoms with Crippen molar-refractivity contribution in [1.29, 1.82) is 0 Å². The second kappa shape index (κ2) is 6.76. The summed E-state index contributed by atoms with van der Waals surface area (Å²) < 4.78 is 5.13. The fraction of sp³-hybridized carbons (Fsp3) is 0.429. The van der Waals surface area contributed by atoms with Crippen LogP contribution in [0.3, 0.4) is 0 Å². The van der Waals surface area contributed by atoms with E-state index in [1.807, 2.05) is 30.3 Å². The number of carbonyl (C=O) groups excluding carboxylic acids is 1. The van der Waals surface area contributed by atoms with Gasteiger partial charge in [0.2, 0.25) is 0 Å². The lowest BCUT2D eigenvalue weighted by atomic mass is 9.98. The highest BCUT2D eigenvalue weighted by atomic mass is 32.2. The van der Waals surface area contributed by atoms with Crippen molar-refractivity contribution in [2.45, 2.75) is 24.3 Å². The van der Waals surface area contributed by atoms with Crippen LogP contribution in [0.15, 0.2) is 30.3 Å². The van der Waals surface area contributed by atoms with E-state index in [4.69, 9.17) is 9.84 Å². The second-order valence-electron chi connectivity index (χ2n) is 4.45. The first-order valence-electron chi connectivity index (χ1n) is 6.45. The molecule has 0 amide bonds. The quantitative estimate of drug-likeness (QED) is 0.801. The molecule has 108 valence electrons. The Hall–Kier alpha value is -1.53. The first-order chi connectivity index (χ1) is 9.63. The van der Waals surface area contributed by atoms with Gasteiger partial charge in [0.1, 0.15) is 12.0 Å². The Labute approximate surface area is 121 Å². The van der Waals surface area contributed by atoms with Crippen molar-refractivity contribution in [1.82, 2.24) is 5.32 Å². The van der Waals surface area contributed by atoms with E-state index < -0.39 is 17.9 Å². The number of esters is 1. The van der Waals surface area contributed by atoms with E-state index in [2.05, 4.69) is 5.32 Å². The van der Waals surface area contributed by atoms with Crippen molar-refractivity contribution in [2.24, 2.45) is 0 Å². The van der Waals surface area contributed by atoms with Gasteiger partial charge in [-0.25, -0.2) is 0 Å². The molecule has 1 fully saturated rings. The summed E-state index contributed by atoms with van der Waals surface area (Å²) >= 11 is 1.44. The number of carbonyl (C=O) groups is 2.